The predicted octanol–water partition coefficient (Wildman–Crippen LogP) is 4.36. The zero-order chi connectivity index (χ0) is 17.2. The van der Waals surface area contributed by atoms with E-state index in [2.05, 4.69) is 27.4 Å². The number of halogens is 1. The summed E-state index contributed by atoms with van der Waals surface area (Å²) in [5.41, 5.74) is 3.65. The second-order valence-corrected chi connectivity index (χ2v) is 6.27. The summed E-state index contributed by atoms with van der Waals surface area (Å²) in [6.07, 6.45) is 7.96. The molecule has 0 spiro atoms. The number of fused-ring (bicyclic) bond motifs is 1. The maximum atomic E-state index is 13.8. The normalized spacial score (nSPS) is 17.3. The molecule has 1 unspecified atom stereocenters. The molecule has 5 heteroatoms. The minimum atomic E-state index is -0.281. The Kier molecular flexibility index (Phi) is 4.14. The Bertz CT molecular complexity index is 932. The number of rotatable bonds is 3. The fraction of sp³-hybridized carbons (Fsp3) is 0.250. The van der Waals surface area contributed by atoms with Crippen molar-refractivity contribution in [1.29, 1.82) is 0 Å². The molecule has 25 heavy (non-hydrogen) atoms. The van der Waals surface area contributed by atoms with Crippen LogP contribution in [0.1, 0.15) is 24.5 Å². The summed E-state index contributed by atoms with van der Waals surface area (Å²) in [6.45, 7) is 0.953. The molecule has 0 saturated heterocycles. The number of H-pyrrole nitrogens is 1. The summed E-state index contributed by atoms with van der Waals surface area (Å²) in [4.78, 5) is 7.91. The zero-order valence-electron chi connectivity index (χ0n) is 14.1. The van der Waals surface area contributed by atoms with Crippen molar-refractivity contribution in [2.45, 2.75) is 18.8 Å². The summed E-state index contributed by atoms with van der Waals surface area (Å²) < 4.78 is 19.2. The third-order valence-corrected chi connectivity index (χ3v) is 4.74. The first-order chi connectivity index (χ1) is 12.3. The van der Waals surface area contributed by atoms with E-state index in [1.807, 2.05) is 12.3 Å². The molecule has 0 fully saturated rings. The lowest BCUT2D eigenvalue weighted by atomic mass is 9.97. The van der Waals surface area contributed by atoms with Crippen molar-refractivity contribution in [1.82, 2.24) is 15.3 Å². The highest BCUT2D eigenvalue weighted by Crippen LogP contribution is 2.37. The monoisotopic (exact) mass is 337 g/mol. The summed E-state index contributed by atoms with van der Waals surface area (Å²) in [5, 5.41) is 4.26. The van der Waals surface area contributed by atoms with E-state index in [9.17, 15) is 4.39 Å². The molecular weight excluding hydrogens is 317 g/mol. The minimum absolute atomic E-state index is 0.281. The lowest BCUT2D eigenvalue weighted by molar-refractivity contribution is 0.415. The van der Waals surface area contributed by atoms with Crippen molar-refractivity contribution in [3.63, 3.8) is 0 Å². The molecule has 1 aliphatic heterocycles. The predicted molar refractivity (Wildman–Crippen MR) is 97.2 cm³/mol. The van der Waals surface area contributed by atoms with E-state index >= 15 is 0 Å². The van der Waals surface area contributed by atoms with E-state index in [1.165, 1.54) is 17.8 Å². The van der Waals surface area contributed by atoms with Crippen molar-refractivity contribution in [2.24, 2.45) is 0 Å². The molecule has 2 aromatic heterocycles. The third kappa shape index (κ3) is 2.97. The van der Waals surface area contributed by atoms with Gasteiger partial charge in [-0.1, -0.05) is 6.08 Å². The largest absolute Gasteiger partial charge is 0.496 e. The lowest BCUT2D eigenvalue weighted by Crippen LogP contribution is -2.08. The Morgan fingerprint density at radius 2 is 2.12 bits per heavy atom. The van der Waals surface area contributed by atoms with Crippen LogP contribution in [0.3, 0.4) is 0 Å². The fourth-order valence-electron chi connectivity index (χ4n) is 3.45. The van der Waals surface area contributed by atoms with Crippen LogP contribution < -0.4 is 10.1 Å². The van der Waals surface area contributed by atoms with Crippen LogP contribution in [0.5, 0.6) is 5.75 Å². The number of hydrogen-bond donors (Lipinski definition) is 2. The molecule has 0 bridgehead atoms. The standard InChI is InChI=1S/C20H20FN3O/c1-25-19-5-4-14(21)11-16(19)15-7-10-23-20-17(15)12-18(24-20)13-3-2-8-22-9-6-13/h2,4-5,7-8,10-13,22H,3,6,9H2,1H3,(H,23,24). The number of pyridine rings is 1. The number of hydrogen-bond acceptors (Lipinski definition) is 3. The van der Waals surface area contributed by atoms with Gasteiger partial charge in [0.25, 0.3) is 0 Å². The van der Waals surface area contributed by atoms with Gasteiger partial charge in [0.1, 0.15) is 17.2 Å². The van der Waals surface area contributed by atoms with Crippen molar-refractivity contribution in [2.75, 3.05) is 13.7 Å². The Labute approximate surface area is 145 Å². The van der Waals surface area contributed by atoms with E-state index in [1.54, 1.807) is 19.4 Å². The molecule has 0 amide bonds. The molecular formula is C20H20FN3O. The quantitative estimate of drug-likeness (QED) is 0.747. The van der Waals surface area contributed by atoms with E-state index in [0.29, 0.717) is 11.7 Å². The molecule has 0 aliphatic carbocycles. The molecule has 3 aromatic rings. The number of aromatic amines is 1. The van der Waals surface area contributed by atoms with Crippen molar-refractivity contribution in [3.8, 4) is 16.9 Å². The zero-order valence-corrected chi connectivity index (χ0v) is 14.1. The van der Waals surface area contributed by atoms with E-state index < -0.39 is 0 Å². The lowest BCUT2D eigenvalue weighted by Gasteiger charge is -2.10. The highest BCUT2D eigenvalue weighted by atomic mass is 19.1. The Morgan fingerprint density at radius 1 is 1.20 bits per heavy atom. The van der Waals surface area contributed by atoms with Gasteiger partial charge in [-0.15, -0.1) is 0 Å². The number of methoxy groups -OCH3 is 1. The van der Waals surface area contributed by atoms with Crippen LogP contribution in [0, 0.1) is 5.82 Å². The fourth-order valence-corrected chi connectivity index (χ4v) is 3.45. The number of benzene rings is 1. The average molecular weight is 337 g/mol. The van der Waals surface area contributed by atoms with Crippen LogP contribution in [0.4, 0.5) is 4.39 Å². The highest BCUT2D eigenvalue weighted by molar-refractivity contribution is 5.95. The highest BCUT2D eigenvalue weighted by Gasteiger charge is 2.18. The molecule has 0 radical (unpaired) electrons. The van der Waals surface area contributed by atoms with Gasteiger partial charge in [0, 0.05) is 35.3 Å². The molecule has 2 N–H and O–H groups in total. The molecule has 4 rings (SSSR count). The van der Waals surface area contributed by atoms with Crippen LogP contribution in [0.25, 0.3) is 22.2 Å². The molecule has 0 saturated carbocycles. The smallest absolute Gasteiger partial charge is 0.138 e. The third-order valence-electron chi connectivity index (χ3n) is 4.74. The summed E-state index contributed by atoms with van der Waals surface area (Å²) in [5.74, 6) is 0.789. The minimum Gasteiger partial charge on any atom is -0.496 e. The van der Waals surface area contributed by atoms with Gasteiger partial charge in [-0.3, -0.25) is 0 Å². The van der Waals surface area contributed by atoms with Gasteiger partial charge >= 0.3 is 0 Å². The number of nitrogens with zero attached hydrogens (tertiary/aromatic N) is 1. The molecule has 1 atom stereocenters. The Morgan fingerprint density at radius 3 is 3.00 bits per heavy atom. The second-order valence-electron chi connectivity index (χ2n) is 6.27. The van der Waals surface area contributed by atoms with Crippen LogP contribution >= 0.6 is 0 Å². The van der Waals surface area contributed by atoms with Crippen molar-refractivity contribution < 1.29 is 9.13 Å². The van der Waals surface area contributed by atoms with Crippen LogP contribution in [0.15, 0.2) is 48.8 Å². The number of aromatic nitrogens is 2. The van der Waals surface area contributed by atoms with E-state index in [0.717, 1.165) is 41.5 Å². The second kappa shape index (κ2) is 6.59. The van der Waals surface area contributed by atoms with E-state index in [4.69, 9.17) is 4.74 Å². The number of allylic oxidation sites excluding steroid dienone is 1. The molecule has 4 nitrogen and oxygen atoms in total. The molecule has 3 heterocycles. The van der Waals surface area contributed by atoms with Crippen LogP contribution in [-0.4, -0.2) is 23.6 Å². The first kappa shape index (κ1) is 15.7. The topological polar surface area (TPSA) is 49.9 Å². The van der Waals surface area contributed by atoms with E-state index in [-0.39, 0.29) is 5.82 Å². The Hall–Kier alpha value is -2.82. The van der Waals surface area contributed by atoms with Gasteiger partial charge in [0.2, 0.25) is 0 Å². The summed E-state index contributed by atoms with van der Waals surface area (Å²) in [7, 11) is 1.60. The SMILES string of the molecule is COc1ccc(F)cc1-c1ccnc2[nH]c(C3CC=CNCC3)cc12. The van der Waals surface area contributed by atoms with Crippen LogP contribution in [0.2, 0.25) is 0 Å². The van der Waals surface area contributed by atoms with Gasteiger partial charge < -0.3 is 15.0 Å². The number of ether oxygens (including phenoxy) is 1. The summed E-state index contributed by atoms with van der Waals surface area (Å²) >= 11 is 0. The molecule has 1 aromatic carbocycles. The summed E-state index contributed by atoms with van der Waals surface area (Å²) in [6, 6.07) is 8.64. The average Bonchev–Trinajstić information content (AvgIpc) is 2.88. The van der Waals surface area contributed by atoms with Crippen LogP contribution in [-0.2, 0) is 0 Å². The number of nitrogens with one attached hydrogen (secondary N) is 2. The first-order valence-corrected chi connectivity index (χ1v) is 8.46. The first-order valence-electron chi connectivity index (χ1n) is 8.46. The van der Waals surface area contributed by atoms with Crippen molar-refractivity contribution in [3.05, 3.63) is 60.3 Å². The van der Waals surface area contributed by atoms with Gasteiger partial charge in [0.05, 0.1) is 7.11 Å². The molecule has 128 valence electrons. The van der Waals surface area contributed by atoms with Gasteiger partial charge in [-0.25, -0.2) is 9.37 Å². The van der Waals surface area contributed by atoms with Gasteiger partial charge in [-0.2, -0.15) is 0 Å². The van der Waals surface area contributed by atoms with Crippen molar-refractivity contribution >= 4 is 11.0 Å². The maximum Gasteiger partial charge on any atom is 0.138 e. The maximum absolute atomic E-state index is 13.8. The molecule has 1 aliphatic rings. The Balaban J connectivity index is 1.83. The van der Waals surface area contributed by atoms with Gasteiger partial charge in [0.15, 0.2) is 0 Å². The van der Waals surface area contributed by atoms with Gasteiger partial charge in [-0.05, 0) is 54.9 Å².